The lowest BCUT2D eigenvalue weighted by Crippen LogP contribution is -1.85. The minimum Gasteiger partial charge on any atom is -0.397 e. The highest BCUT2D eigenvalue weighted by Gasteiger charge is 2.01. The molecule has 0 heterocycles. The van der Waals surface area contributed by atoms with Crippen molar-refractivity contribution >= 4 is 44.8 Å². The van der Waals surface area contributed by atoms with Crippen molar-refractivity contribution in [3.63, 3.8) is 0 Å². The number of hydrogen-bond donors (Lipinski definition) is 1. The molecule has 0 unspecified atom stereocenters. The molecule has 0 radical (unpaired) electrons. The molecule has 1 aromatic rings. The molecule has 0 aliphatic rings. The fourth-order valence-corrected chi connectivity index (χ4v) is 1.52. The van der Waals surface area contributed by atoms with Crippen LogP contribution in [0.5, 0.6) is 0 Å². The Labute approximate surface area is 77.2 Å². The molecule has 0 amide bonds. The van der Waals surface area contributed by atoms with Gasteiger partial charge < -0.3 is 5.73 Å². The van der Waals surface area contributed by atoms with Crippen LogP contribution in [0.1, 0.15) is 0 Å². The Kier molecular flexibility index (Phi) is 2.45. The third-order valence-corrected chi connectivity index (χ3v) is 2.30. The van der Waals surface area contributed by atoms with Crippen molar-refractivity contribution in [2.75, 3.05) is 5.73 Å². The molecule has 0 saturated heterocycles. The van der Waals surface area contributed by atoms with E-state index in [1.807, 2.05) is 0 Å². The molecule has 0 aromatic heterocycles. The van der Waals surface area contributed by atoms with Crippen molar-refractivity contribution in [3.05, 3.63) is 26.7 Å². The normalized spacial score (nSPS) is 9.90. The van der Waals surface area contributed by atoms with E-state index in [0.29, 0.717) is 15.7 Å². The summed E-state index contributed by atoms with van der Waals surface area (Å²) >= 11 is 14.6. The summed E-state index contributed by atoms with van der Waals surface area (Å²) in [7, 11) is 0. The Morgan fingerprint density at radius 1 is 1.30 bits per heavy atom. The Bertz CT molecular complexity index is 239. The molecule has 0 bridgehead atoms. The van der Waals surface area contributed by atoms with Gasteiger partial charge in [0.25, 0.3) is 0 Å². The third-order valence-electron chi connectivity index (χ3n) is 1.02. The topological polar surface area (TPSA) is 26.0 Å². The van der Waals surface area contributed by atoms with Gasteiger partial charge in [-0.25, -0.2) is 0 Å². The van der Waals surface area contributed by atoms with E-state index in [0.717, 1.165) is 4.47 Å². The van der Waals surface area contributed by atoms with Gasteiger partial charge in [-0.05, 0) is 12.1 Å². The van der Waals surface area contributed by atoms with E-state index in [9.17, 15) is 0 Å². The molecule has 1 aromatic carbocycles. The molecular weight excluding hydrogens is 237 g/mol. The second kappa shape index (κ2) is 2.99. The fourth-order valence-electron chi connectivity index (χ4n) is 0.576. The Hall–Kier alpha value is 0.0800. The van der Waals surface area contributed by atoms with Crippen LogP contribution in [-0.4, -0.2) is 0 Å². The highest BCUT2D eigenvalue weighted by Crippen LogP contribution is 2.31. The monoisotopic (exact) mass is 239 g/mol. The summed E-state index contributed by atoms with van der Waals surface area (Å²) in [5, 5.41) is 0.874. The average molecular weight is 241 g/mol. The first-order valence-electron chi connectivity index (χ1n) is 2.51. The second-order valence-corrected chi connectivity index (χ2v) is 3.49. The van der Waals surface area contributed by atoms with E-state index in [4.69, 9.17) is 28.9 Å². The van der Waals surface area contributed by atoms with E-state index in [1.54, 1.807) is 12.1 Å². The minimum absolute atomic E-state index is 0.407. The maximum atomic E-state index is 5.68. The van der Waals surface area contributed by atoms with Crippen molar-refractivity contribution in [3.8, 4) is 0 Å². The van der Waals surface area contributed by atoms with Crippen LogP contribution in [0.4, 0.5) is 5.69 Å². The van der Waals surface area contributed by atoms with Gasteiger partial charge in [-0.2, -0.15) is 0 Å². The van der Waals surface area contributed by atoms with Crippen molar-refractivity contribution in [2.24, 2.45) is 0 Å². The first-order valence-corrected chi connectivity index (χ1v) is 4.06. The Balaban J connectivity index is 3.31. The van der Waals surface area contributed by atoms with Gasteiger partial charge >= 0.3 is 0 Å². The molecule has 0 spiro atoms. The lowest BCUT2D eigenvalue weighted by molar-refractivity contribution is 1.63. The van der Waals surface area contributed by atoms with Gasteiger partial charge in [0, 0.05) is 4.47 Å². The van der Waals surface area contributed by atoms with Crippen LogP contribution in [0.3, 0.4) is 0 Å². The smallest absolute Gasteiger partial charge is 0.0822 e. The summed E-state index contributed by atoms with van der Waals surface area (Å²) in [6, 6.07) is 3.40. The Morgan fingerprint density at radius 3 is 2.40 bits per heavy atom. The van der Waals surface area contributed by atoms with Crippen LogP contribution >= 0.6 is 39.1 Å². The SMILES string of the molecule is Nc1cc(Br)cc(Cl)c1Cl. The van der Waals surface area contributed by atoms with Crippen molar-refractivity contribution in [1.82, 2.24) is 0 Å². The molecular formula is C6H4BrCl2N. The molecule has 0 saturated carbocycles. The summed E-state index contributed by atoms with van der Waals surface area (Å²) in [5.74, 6) is 0. The molecule has 0 aliphatic carbocycles. The van der Waals surface area contributed by atoms with Gasteiger partial charge in [-0.1, -0.05) is 39.1 Å². The van der Waals surface area contributed by atoms with E-state index >= 15 is 0 Å². The van der Waals surface area contributed by atoms with Crippen LogP contribution in [-0.2, 0) is 0 Å². The summed E-state index contributed by atoms with van der Waals surface area (Å²) in [6.07, 6.45) is 0. The van der Waals surface area contributed by atoms with Crippen molar-refractivity contribution < 1.29 is 0 Å². The quantitative estimate of drug-likeness (QED) is 0.547. The van der Waals surface area contributed by atoms with Crippen LogP contribution in [0, 0.1) is 0 Å². The Morgan fingerprint density at radius 2 is 1.90 bits per heavy atom. The van der Waals surface area contributed by atoms with Crippen LogP contribution in [0.25, 0.3) is 0 Å². The number of hydrogen-bond acceptors (Lipinski definition) is 1. The summed E-state index contributed by atoms with van der Waals surface area (Å²) < 4.78 is 0.833. The van der Waals surface area contributed by atoms with Gasteiger partial charge in [-0.3, -0.25) is 0 Å². The zero-order chi connectivity index (χ0) is 7.72. The maximum Gasteiger partial charge on any atom is 0.0822 e. The molecule has 1 rings (SSSR count). The number of anilines is 1. The minimum atomic E-state index is 0.407. The number of rotatable bonds is 0. The van der Waals surface area contributed by atoms with Gasteiger partial charge in [0.15, 0.2) is 0 Å². The maximum absolute atomic E-state index is 5.68. The fraction of sp³-hybridized carbons (Fsp3) is 0. The summed E-state index contributed by atoms with van der Waals surface area (Å²) in [5.41, 5.74) is 5.96. The molecule has 0 aliphatic heterocycles. The molecule has 2 N–H and O–H groups in total. The van der Waals surface area contributed by atoms with Crippen molar-refractivity contribution in [1.29, 1.82) is 0 Å². The zero-order valence-corrected chi connectivity index (χ0v) is 7.96. The highest BCUT2D eigenvalue weighted by atomic mass is 79.9. The average Bonchev–Trinajstić information content (AvgIpc) is 1.82. The van der Waals surface area contributed by atoms with Crippen LogP contribution in [0.15, 0.2) is 16.6 Å². The number of nitrogen functional groups attached to an aromatic ring is 1. The largest absolute Gasteiger partial charge is 0.397 e. The predicted molar refractivity (Wildman–Crippen MR) is 48.6 cm³/mol. The van der Waals surface area contributed by atoms with E-state index in [-0.39, 0.29) is 0 Å². The molecule has 54 valence electrons. The van der Waals surface area contributed by atoms with Gasteiger partial charge in [0.1, 0.15) is 0 Å². The lowest BCUT2D eigenvalue weighted by atomic mass is 10.3. The first kappa shape index (κ1) is 8.18. The van der Waals surface area contributed by atoms with Gasteiger partial charge in [0.05, 0.1) is 15.7 Å². The molecule has 0 fully saturated rings. The van der Waals surface area contributed by atoms with E-state index < -0.39 is 0 Å². The number of nitrogens with two attached hydrogens (primary N) is 1. The lowest BCUT2D eigenvalue weighted by Gasteiger charge is -1.99. The summed E-state index contributed by atoms with van der Waals surface area (Å²) in [6.45, 7) is 0. The standard InChI is InChI=1S/C6H4BrCl2N/c7-3-1-4(8)6(9)5(10)2-3/h1-2H,10H2. The van der Waals surface area contributed by atoms with E-state index in [2.05, 4.69) is 15.9 Å². The zero-order valence-electron chi connectivity index (χ0n) is 4.87. The second-order valence-electron chi connectivity index (χ2n) is 1.79. The molecule has 0 atom stereocenters. The predicted octanol–water partition coefficient (Wildman–Crippen LogP) is 3.34. The number of benzene rings is 1. The number of halogens is 3. The van der Waals surface area contributed by atoms with Crippen molar-refractivity contribution in [2.45, 2.75) is 0 Å². The highest BCUT2D eigenvalue weighted by molar-refractivity contribution is 9.10. The van der Waals surface area contributed by atoms with Crippen LogP contribution < -0.4 is 5.73 Å². The molecule has 4 heteroatoms. The molecule has 1 nitrogen and oxygen atoms in total. The van der Waals surface area contributed by atoms with Crippen LogP contribution in [0.2, 0.25) is 10.0 Å². The third kappa shape index (κ3) is 1.57. The molecule has 10 heavy (non-hydrogen) atoms. The first-order chi connectivity index (χ1) is 4.61. The van der Waals surface area contributed by atoms with E-state index in [1.165, 1.54) is 0 Å². The van der Waals surface area contributed by atoms with Gasteiger partial charge in [-0.15, -0.1) is 0 Å². The summed E-state index contributed by atoms with van der Waals surface area (Å²) in [4.78, 5) is 0. The van der Waals surface area contributed by atoms with Gasteiger partial charge in [0.2, 0.25) is 0 Å².